The molecule has 4 nitrogen and oxygen atoms in total. The molecule has 0 aromatic carbocycles. The van der Waals surface area contributed by atoms with Gasteiger partial charge in [0.1, 0.15) is 5.01 Å². The van der Waals surface area contributed by atoms with Gasteiger partial charge in [0, 0.05) is 37.8 Å². The molecule has 1 unspecified atom stereocenters. The highest BCUT2D eigenvalue weighted by molar-refractivity contribution is 7.11. The molecule has 0 spiro atoms. The third-order valence-corrected chi connectivity index (χ3v) is 3.34. The molecule has 92 valence electrons. The first-order valence-electron chi connectivity index (χ1n) is 5.59. The number of methoxy groups -OCH3 is 1. The molecule has 0 aliphatic heterocycles. The third-order valence-electron chi connectivity index (χ3n) is 2.24. The van der Waals surface area contributed by atoms with Crippen LogP contribution < -0.4 is 10.6 Å². The highest BCUT2D eigenvalue weighted by Crippen LogP contribution is 2.18. The Kier molecular flexibility index (Phi) is 6.56. The zero-order valence-electron chi connectivity index (χ0n) is 10.2. The fourth-order valence-electron chi connectivity index (χ4n) is 1.34. The van der Waals surface area contributed by atoms with E-state index < -0.39 is 0 Å². The molecule has 1 aromatic heterocycles. The van der Waals surface area contributed by atoms with Gasteiger partial charge in [0.15, 0.2) is 0 Å². The maximum atomic E-state index is 4.95. The van der Waals surface area contributed by atoms with Gasteiger partial charge in [-0.3, -0.25) is 0 Å². The average molecular weight is 243 g/mol. The van der Waals surface area contributed by atoms with Crippen molar-refractivity contribution in [3.8, 4) is 0 Å². The lowest BCUT2D eigenvalue weighted by molar-refractivity contribution is 0.199. The average Bonchev–Trinajstić information content (AvgIpc) is 2.70. The van der Waals surface area contributed by atoms with E-state index in [0.717, 1.165) is 31.2 Å². The molecule has 0 aliphatic rings. The normalized spacial score (nSPS) is 12.9. The lowest BCUT2D eigenvalue weighted by Crippen LogP contribution is -2.30. The van der Waals surface area contributed by atoms with Crippen LogP contribution in [0.3, 0.4) is 0 Å². The SMILES string of the molecule is COCCNCCNC(C)c1ncc(C)s1. The number of hydrogen-bond acceptors (Lipinski definition) is 5. The van der Waals surface area contributed by atoms with E-state index in [1.165, 1.54) is 4.88 Å². The molecule has 0 saturated carbocycles. The number of thiazole rings is 1. The van der Waals surface area contributed by atoms with Gasteiger partial charge in [-0.2, -0.15) is 0 Å². The number of aryl methyl sites for hydroxylation is 1. The van der Waals surface area contributed by atoms with Crippen molar-refractivity contribution in [2.45, 2.75) is 19.9 Å². The minimum atomic E-state index is 0.336. The standard InChI is InChI=1S/C11H21N3OS/c1-9-8-14-11(16-9)10(2)13-5-4-12-6-7-15-3/h8,10,12-13H,4-7H2,1-3H3. The molecule has 16 heavy (non-hydrogen) atoms. The van der Waals surface area contributed by atoms with Crippen LogP contribution in [0.2, 0.25) is 0 Å². The number of ether oxygens (including phenoxy) is 1. The van der Waals surface area contributed by atoms with Crippen LogP contribution in [0.5, 0.6) is 0 Å². The summed E-state index contributed by atoms with van der Waals surface area (Å²) in [5.41, 5.74) is 0. The molecule has 0 saturated heterocycles. The molecule has 0 bridgehead atoms. The first-order chi connectivity index (χ1) is 7.74. The molecule has 0 amide bonds. The molecule has 2 N–H and O–H groups in total. The summed E-state index contributed by atoms with van der Waals surface area (Å²) < 4.78 is 4.95. The van der Waals surface area contributed by atoms with E-state index in [-0.39, 0.29) is 0 Å². The van der Waals surface area contributed by atoms with E-state index >= 15 is 0 Å². The summed E-state index contributed by atoms with van der Waals surface area (Å²) in [5.74, 6) is 0. The third kappa shape index (κ3) is 5.03. The Hall–Kier alpha value is -0.490. The highest BCUT2D eigenvalue weighted by Gasteiger charge is 2.07. The van der Waals surface area contributed by atoms with Gasteiger partial charge < -0.3 is 15.4 Å². The second-order valence-electron chi connectivity index (χ2n) is 3.73. The number of rotatable bonds is 8. The fourth-order valence-corrected chi connectivity index (χ4v) is 2.14. The minimum Gasteiger partial charge on any atom is -0.383 e. The van der Waals surface area contributed by atoms with Crippen LogP contribution >= 0.6 is 11.3 Å². The van der Waals surface area contributed by atoms with Crippen LogP contribution in [0.25, 0.3) is 0 Å². The van der Waals surface area contributed by atoms with Gasteiger partial charge in [0.2, 0.25) is 0 Å². The summed E-state index contributed by atoms with van der Waals surface area (Å²) >= 11 is 1.75. The molecule has 1 atom stereocenters. The van der Waals surface area contributed by atoms with Crippen LogP contribution in [-0.4, -0.2) is 38.3 Å². The van der Waals surface area contributed by atoms with Crippen molar-refractivity contribution < 1.29 is 4.74 Å². The maximum absolute atomic E-state index is 4.95. The smallest absolute Gasteiger partial charge is 0.109 e. The Balaban J connectivity index is 2.09. The Bertz CT molecular complexity index is 291. The number of hydrogen-bond donors (Lipinski definition) is 2. The van der Waals surface area contributed by atoms with Crippen molar-refractivity contribution in [3.05, 3.63) is 16.1 Å². The Morgan fingerprint density at radius 2 is 2.25 bits per heavy atom. The summed E-state index contributed by atoms with van der Waals surface area (Å²) in [6.07, 6.45) is 1.93. The Morgan fingerprint density at radius 3 is 2.88 bits per heavy atom. The topological polar surface area (TPSA) is 46.2 Å². The second-order valence-corrected chi connectivity index (χ2v) is 4.99. The monoisotopic (exact) mass is 243 g/mol. The molecule has 1 aromatic rings. The van der Waals surface area contributed by atoms with E-state index in [0.29, 0.717) is 6.04 Å². The first-order valence-corrected chi connectivity index (χ1v) is 6.41. The van der Waals surface area contributed by atoms with Gasteiger partial charge >= 0.3 is 0 Å². The van der Waals surface area contributed by atoms with Gasteiger partial charge in [-0.15, -0.1) is 11.3 Å². The summed E-state index contributed by atoms with van der Waals surface area (Å²) in [6, 6.07) is 0.336. The van der Waals surface area contributed by atoms with Gasteiger partial charge in [-0.05, 0) is 13.8 Å². The summed E-state index contributed by atoms with van der Waals surface area (Å²) in [5, 5.41) is 7.89. The maximum Gasteiger partial charge on any atom is 0.109 e. The van der Waals surface area contributed by atoms with Crippen molar-refractivity contribution >= 4 is 11.3 Å². The van der Waals surface area contributed by atoms with Crippen molar-refractivity contribution in [1.82, 2.24) is 15.6 Å². The van der Waals surface area contributed by atoms with Crippen molar-refractivity contribution in [1.29, 1.82) is 0 Å². The van der Waals surface area contributed by atoms with Crippen molar-refractivity contribution in [2.75, 3.05) is 33.4 Å². The van der Waals surface area contributed by atoms with Crippen LogP contribution in [-0.2, 0) is 4.74 Å². The predicted octanol–water partition coefficient (Wildman–Crippen LogP) is 1.34. The summed E-state index contributed by atoms with van der Waals surface area (Å²) in [4.78, 5) is 5.63. The van der Waals surface area contributed by atoms with Crippen molar-refractivity contribution in [2.24, 2.45) is 0 Å². The fraction of sp³-hybridized carbons (Fsp3) is 0.727. The molecule has 1 rings (SSSR count). The lowest BCUT2D eigenvalue weighted by Gasteiger charge is -2.11. The van der Waals surface area contributed by atoms with E-state index in [2.05, 4.69) is 29.5 Å². The summed E-state index contributed by atoms with van der Waals surface area (Å²) in [6.45, 7) is 7.80. The van der Waals surface area contributed by atoms with E-state index in [4.69, 9.17) is 4.74 Å². The van der Waals surface area contributed by atoms with E-state index in [1.54, 1.807) is 18.4 Å². The van der Waals surface area contributed by atoms with E-state index in [1.807, 2.05) is 6.20 Å². The Morgan fingerprint density at radius 1 is 1.44 bits per heavy atom. The Labute approximate surface area is 101 Å². The molecular formula is C11H21N3OS. The van der Waals surface area contributed by atoms with Gasteiger partial charge in [0.25, 0.3) is 0 Å². The second kappa shape index (κ2) is 7.73. The zero-order chi connectivity index (χ0) is 11.8. The molecular weight excluding hydrogens is 222 g/mol. The van der Waals surface area contributed by atoms with Gasteiger partial charge in [-0.1, -0.05) is 0 Å². The minimum absolute atomic E-state index is 0.336. The lowest BCUT2D eigenvalue weighted by atomic mass is 10.3. The van der Waals surface area contributed by atoms with E-state index in [9.17, 15) is 0 Å². The summed E-state index contributed by atoms with van der Waals surface area (Å²) in [7, 11) is 1.72. The van der Waals surface area contributed by atoms with Crippen molar-refractivity contribution in [3.63, 3.8) is 0 Å². The number of nitrogens with zero attached hydrogens (tertiary/aromatic N) is 1. The van der Waals surface area contributed by atoms with Crippen LogP contribution in [0, 0.1) is 6.92 Å². The molecule has 1 heterocycles. The highest BCUT2D eigenvalue weighted by atomic mass is 32.1. The van der Waals surface area contributed by atoms with Crippen LogP contribution in [0.15, 0.2) is 6.20 Å². The first kappa shape index (κ1) is 13.6. The largest absolute Gasteiger partial charge is 0.383 e. The number of aromatic nitrogens is 1. The quantitative estimate of drug-likeness (QED) is 0.676. The molecule has 0 radical (unpaired) electrons. The van der Waals surface area contributed by atoms with Gasteiger partial charge in [0.05, 0.1) is 12.6 Å². The number of nitrogens with one attached hydrogen (secondary N) is 2. The predicted molar refractivity (Wildman–Crippen MR) is 68.0 cm³/mol. The zero-order valence-corrected chi connectivity index (χ0v) is 11.1. The molecule has 0 aliphatic carbocycles. The van der Waals surface area contributed by atoms with Crippen LogP contribution in [0.1, 0.15) is 22.9 Å². The molecule has 0 fully saturated rings. The van der Waals surface area contributed by atoms with Gasteiger partial charge in [-0.25, -0.2) is 4.98 Å². The van der Waals surface area contributed by atoms with Crippen LogP contribution in [0.4, 0.5) is 0 Å². The molecule has 5 heteroatoms.